The molecule has 0 aliphatic carbocycles. The molecule has 0 aliphatic rings. The highest BCUT2D eigenvalue weighted by molar-refractivity contribution is 5.98. The number of aromatic nitrogens is 2. The zero-order chi connectivity index (χ0) is 22.4. The fraction of sp³-hybridized carbons (Fsp3) is 0.217. The molecule has 7 nitrogen and oxygen atoms in total. The van der Waals surface area contributed by atoms with E-state index in [-0.39, 0.29) is 13.0 Å². The average molecular weight is 420 g/mol. The molecule has 1 heterocycles. The molecule has 3 rings (SSSR count). The minimum Gasteiger partial charge on any atom is -0.452 e. The Morgan fingerprint density at radius 3 is 2.45 bits per heavy atom. The Kier molecular flexibility index (Phi) is 6.78. The van der Waals surface area contributed by atoms with Gasteiger partial charge in [0.05, 0.1) is 29.6 Å². The summed E-state index contributed by atoms with van der Waals surface area (Å²) in [6.45, 7) is 3.03. The van der Waals surface area contributed by atoms with Crippen LogP contribution in [0.1, 0.15) is 28.2 Å². The highest BCUT2D eigenvalue weighted by Gasteiger charge is 2.23. The summed E-state index contributed by atoms with van der Waals surface area (Å²) in [5.74, 6) is -1.62. The van der Waals surface area contributed by atoms with Gasteiger partial charge in [0, 0.05) is 12.2 Å². The summed E-state index contributed by atoms with van der Waals surface area (Å²) in [5, 5.41) is 13.3. The molecule has 0 unspecified atom stereocenters. The molecule has 0 saturated heterocycles. The van der Waals surface area contributed by atoms with E-state index in [4.69, 9.17) is 10.00 Å². The Balaban J connectivity index is 1.74. The second kappa shape index (κ2) is 9.67. The highest BCUT2D eigenvalue weighted by atomic mass is 19.1. The van der Waals surface area contributed by atoms with Gasteiger partial charge in [-0.15, -0.1) is 0 Å². The van der Waals surface area contributed by atoms with Crippen molar-refractivity contribution in [1.29, 1.82) is 5.26 Å². The normalized spacial score (nSPS) is 10.4. The summed E-state index contributed by atoms with van der Waals surface area (Å²) in [4.78, 5) is 26.7. The van der Waals surface area contributed by atoms with Gasteiger partial charge in [0.15, 0.2) is 6.61 Å². The molecule has 0 N–H and O–H groups in total. The molecule has 1 amide bonds. The molecule has 2 aromatic carbocycles. The van der Waals surface area contributed by atoms with Crippen LogP contribution in [-0.2, 0) is 9.53 Å². The van der Waals surface area contributed by atoms with Crippen LogP contribution in [0.4, 0.5) is 10.1 Å². The van der Waals surface area contributed by atoms with Crippen LogP contribution in [-0.4, -0.2) is 34.8 Å². The van der Waals surface area contributed by atoms with Crippen molar-refractivity contribution in [2.75, 3.05) is 18.1 Å². The zero-order valence-corrected chi connectivity index (χ0v) is 17.2. The lowest BCUT2D eigenvalue weighted by Crippen LogP contribution is -2.35. The van der Waals surface area contributed by atoms with Gasteiger partial charge in [-0.05, 0) is 50.2 Å². The van der Waals surface area contributed by atoms with Crippen LogP contribution in [0.3, 0.4) is 0 Å². The SMILES string of the molecule is Cc1nn(-c2ccccc2)c(C)c1C(=O)OCC(=O)N(CCC#N)c1ccc(F)cc1. The Labute approximate surface area is 179 Å². The van der Waals surface area contributed by atoms with Crippen molar-refractivity contribution < 1.29 is 18.7 Å². The van der Waals surface area contributed by atoms with Crippen molar-refractivity contribution in [3.05, 3.63) is 77.4 Å². The van der Waals surface area contributed by atoms with E-state index >= 15 is 0 Å². The maximum absolute atomic E-state index is 13.2. The molecule has 0 bridgehead atoms. The molecule has 0 atom stereocenters. The minimum absolute atomic E-state index is 0.0825. The number of hydrogen-bond donors (Lipinski definition) is 0. The third kappa shape index (κ3) is 4.95. The molecule has 3 aromatic rings. The number of aryl methyl sites for hydroxylation is 1. The number of carbonyl (C=O) groups excluding carboxylic acids is 2. The first-order chi connectivity index (χ1) is 14.9. The number of anilines is 1. The Bertz CT molecular complexity index is 1120. The summed E-state index contributed by atoms with van der Waals surface area (Å²) in [5.41, 5.74) is 2.60. The fourth-order valence-corrected chi connectivity index (χ4v) is 3.22. The lowest BCUT2D eigenvalue weighted by atomic mass is 10.2. The quantitative estimate of drug-likeness (QED) is 0.544. The van der Waals surface area contributed by atoms with Gasteiger partial charge >= 0.3 is 5.97 Å². The first-order valence-corrected chi connectivity index (χ1v) is 9.64. The van der Waals surface area contributed by atoms with Gasteiger partial charge in [0.2, 0.25) is 0 Å². The minimum atomic E-state index is -0.662. The van der Waals surface area contributed by atoms with Crippen LogP contribution >= 0.6 is 0 Å². The molecule has 0 saturated carbocycles. The smallest absolute Gasteiger partial charge is 0.342 e. The predicted octanol–water partition coefficient (Wildman–Crippen LogP) is 3.73. The molecule has 31 heavy (non-hydrogen) atoms. The van der Waals surface area contributed by atoms with Gasteiger partial charge in [-0.3, -0.25) is 4.79 Å². The first-order valence-electron chi connectivity index (χ1n) is 9.64. The zero-order valence-electron chi connectivity index (χ0n) is 17.2. The van der Waals surface area contributed by atoms with Gasteiger partial charge in [-0.25, -0.2) is 13.9 Å². The van der Waals surface area contributed by atoms with Crippen molar-refractivity contribution in [2.24, 2.45) is 0 Å². The lowest BCUT2D eigenvalue weighted by molar-refractivity contribution is -0.121. The van der Waals surface area contributed by atoms with Crippen LogP contribution in [0.25, 0.3) is 5.69 Å². The lowest BCUT2D eigenvalue weighted by Gasteiger charge is -2.21. The standard InChI is InChI=1S/C23H21FN4O3/c1-16-22(17(2)28(26-16)20-7-4-3-5-8-20)23(30)31-15-21(29)27(14-6-13-25)19-11-9-18(24)10-12-19/h3-5,7-12H,6,14-15H2,1-2H3. The largest absolute Gasteiger partial charge is 0.452 e. The van der Waals surface area contributed by atoms with Crippen LogP contribution in [0.2, 0.25) is 0 Å². The van der Waals surface area contributed by atoms with Crippen molar-refractivity contribution in [1.82, 2.24) is 9.78 Å². The number of amides is 1. The van der Waals surface area contributed by atoms with Crippen molar-refractivity contribution in [3.8, 4) is 11.8 Å². The summed E-state index contributed by atoms with van der Waals surface area (Å²) in [6, 6.07) is 16.6. The van der Waals surface area contributed by atoms with Gasteiger partial charge in [0.1, 0.15) is 11.4 Å². The number of benzene rings is 2. The number of halogens is 1. The van der Waals surface area contributed by atoms with Crippen LogP contribution < -0.4 is 4.90 Å². The number of rotatable bonds is 7. The number of ether oxygens (including phenoxy) is 1. The molecule has 1 aromatic heterocycles. The van der Waals surface area contributed by atoms with Gasteiger partial charge in [-0.2, -0.15) is 10.4 Å². The van der Waals surface area contributed by atoms with Gasteiger partial charge in [-0.1, -0.05) is 18.2 Å². The fourth-order valence-electron chi connectivity index (χ4n) is 3.22. The number of esters is 1. The molecular weight excluding hydrogens is 399 g/mol. The topological polar surface area (TPSA) is 88.2 Å². The Hall–Kier alpha value is -3.99. The van der Waals surface area contributed by atoms with E-state index in [1.807, 2.05) is 36.4 Å². The highest BCUT2D eigenvalue weighted by Crippen LogP contribution is 2.20. The van der Waals surface area contributed by atoms with E-state index in [0.717, 1.165) is 5.69 Å². The number of carbonyl (C=O) groups is 2. The maximum atomic E-state index is 13.2. The van der Waals surface area contributed by atoms with Crippen molar-refractivity contribution in [3.63, 3.8) is 0 Å². The predicted molar refractivity (Wildman–Crippen MR) is 112 cm³/mol. The summed E-state index contributed by atoms with van der Waals surface area (Å²) < 4.78 is 20.1. The third-order valence-corrected chi connectivity index (χ3v) is 4.71. The third-order valence-electron chi connectivity index (χ3n) is 4.71. The molecule has 0 spiro atoms. The van der Waals surface area contributed by atoms with Gasteiger partial charge in [0.25, 0.3) is 5.91 Å². The van der Waals surface area contributed by atoms with E-state index < -0.39 is 24.3 Å². The number of nitriles is 1. The molecule has 0 fully saturated rings. The van der Waals surface area contributed by atoms with Crippen molar-refractivity contribution >= 4 is 17.6 Å². The molecule has 8 heteroatoms. The number of para-hydroxylation sites is 1. The van der Waals surface area contributed by atoms with E-state index in [1.54, 1.807) is 18.5 Å². The Morgan fingerprint density at radius 2 is 1.81 bits per heavy atom. The molecular formula is C23H21FN4O3. The molecule has 0 aliphatic heterocycles. The second-order valence-electron chi connectivity index (χ2n) is 6.80. The summed E-state index contributed by atoms with van der Waals surface area (Å²) >= 11 is 0. The molecule has 0 radical (unpaired) electrons. The van der Waals surface area contributed by atoms with E-state index in [1.165, 1.54) is 29.2 Å². The van der Waals surface area contributed by atoms with E-state index in [9.17, 15) is 14.0 Å². The maximum Gasteiger partial charge on any atom is 0.342 e. The molecule has 158 valence electrons. The van der Waals surface area contributed by atoms with Crippen LogP contribution in [0.5, 0.6) is 0 Å². The van der Waals surface area contributed by atoms with Crippen LogP contribution in [0, 0.1) is 31.0 Å². The van der Waals surface area contributed by atoms with Crippen molar-refractivity contribution in [2.45, 2.75) is 20.3 Å². The number of nitrogens with zero attached hydrogens (tertiary/aromatic N) is 4. The first kappa shape index (κ1) is 21.7. The Morgan fingerprint density at radius 1 is 1.13 bits per heavy atom. The van der Waals surface area contributed by atoms with Gasteiger partial charge < -0.3 is 9.64 Å². The number of hydrogen-bond acceptors (Lipinski definition) is 5. The van der Waals surface area contributed by atoms with Crippen LogP contribution in [0.15, 0.2) is 54.6 Å². The second-order valence-corrected chi connectivity index (χ2v) is 6.80. The summed E-state index contributed by atoms with van der Waals surface area (Å²) in [6.07, 6.45) is 0.0825. The monoisotopic (exact) mass is 420 g/mol. The average Bonchev–Trinajstić information content (AvgIpc) is 3.08. The van der Waals surface area contributed by atoms with E-state index in [2.05, 4.69) is 5.10 Å². The van der Waals surface area contributed by atoms with E-state index in [0.29, 0.717) is 22.6 Å². The summed E-state index contributed by atoms with van der Waals surface area (Å²) in [7, 11) is 0.